The highest BCUT2D eigenvalue weighted by Crippen LogP contribution is 2.26. The van der Waals surface area contributed by atoms with E-state index in [1.54, 1.807) is 12.1 Å². The number of rotatable bonds is 4. The lowest BCUT2D eigenvalue weighted by molar-refractivity contribution is -0.274. The van der Waals surface area contributed by atoms with Crippen LogP contribution < -0.4 is 9.64 Å². The fourth-order valence-electron chi connectivity index (χ4n) is 1.63. The molecule has 0 atom stereocenters. The molecule has 0 saturated heterocycles. The molecule has 0 aliphatic heterocycles. The molecule has 0 amide bonds. The van der Waals surface area contributed by atoms with Gasteiger partial charge < -0.3 is 9.64 Å². The molecule has 0 spiro atoms. The predicted molar refractivity (Wildman–Crippen MR) is 79.3 cm³/mol. The van der Waals surface area contributed by atoms with Gasteiger partial charge in [-0.3, -0.25) is 0 Å². The predicted octanol–water partition coefficient (Wildman–Crippen LogP) is 5.28. The summed E-state index contributed by atoms with van der Waals surface area (Å²) < 4.78 is 40.2. The van der Waals surface area contributed by atoms with Gasteiger partial charge in [0, 0.05) is 18.4 Å². The second kappa shape index (κ2) is 6.70. The molecular formula is C16H20F3NO. The maximum Gasteiger partial charge on any atom is 0.573 e. The molecule has 1 rings (SSSR count). The van der Waals surface area contributed by atoms with Gasteiger partial charge in [-0.15, -0.1) is 13.2 Å². The van der Waals surface area contributed by atoms with Gasteiger partial charge in [0.15, 0.2) is 0 Å². The van der Waals surface area contributed by atoms with Crippen LogP contribution in [-0.4, -0.2) is 13.4 Å². The molecule has 0 aliphatic rings. The Balaban J connectivity index is 2.89. The van der Waals surface area contributed by atoms with Crippen LogP contribution >= 0.6 is 0 Å². The molecule has 0 aromatic heterocycles. The van der Waals surface area contributed by atoms with Gasteiger partial charge in [0.05, 0.1) is 0 Å². The zero-order valence-electron chi connectivity index (χ0n) is 12.9. The first-order valence-electron chi connectivity index (χ1n) is 6.52. The van der Waals surface area contributed by atoms with Crippen molar-refractivity contribution in [2.45, 2.75) is 34.1 Å². The lowest BCUT2D eigenvalue weighted by Gasteiger charge is -2.21. The Labute approximate surface area is 123 Å². The van der Waals surface area contributed by atoms with Crippen LogP contribution in [0.15, 0.2) is 47.2 Å². The largest absolute Gasteiger partial charge is 0.573 e. The first-order valence-corrected chi connectivity index (χ1v) is 6.52. The number of halogens is 3. The minimum Gasteiger partial charge on any atom is -0.406 e. The highest BCUT2D eigenvalue weighted by atomic mass is 19.4. The van der Waals surface area contributed by atoms with Crippen molar-refractivity contribution in [2.24, 2.45) is 0 Å². The molecule has 0 heterocycles. The van der Waals surface area contributed by atoms with E-state index in [1.165, 1.54) is 17.7 Å². The third-order valence-electron chi connectivity index (χ3n) is 3.20. The molecule has 0 unspecified atom stereocenters. The Hall–Kier alpha value is -1.91. The smallest absolute Gasteiger partial charge is 0.406 e. The Kier molecular flexibility index (Phi) is 5.47. The van der Waals surface area contributed by atoms with Crippen LogP contribution in [0.25, 0.3) is 0 Å². The Morgan fingerprint density at radius 3 is 2.00 bits per heavy atom. The second-order valence-corrected chi connectivity index (χ2v) is 5.07. The van der Waals surface area contributed by atoms with Crippen molar-refractivity contribution < 1.29 is 17.9 Å². The van der Waals surface area contributed by atoms with Crippen LogP contribution in [0.3, 0.4) is 0 Å². The average Bonchev–Trinajstić information content (AvgIpc) is 2.36. The summed E-state index contributed by atoms with van der Waals surface area (Å²) >= 11 is 0. The Morgan fingerprint density at radius 1 is 1.05 bits per heavy atom. The van der Waals surface area contributed by atoms with E-state index in [2.05, 4.69) is 4.74 Å². The molecule has 1 aromatic rings. The first-order chi connectivity index (χ1) is 9.60. The molecule has 116 valence electrons. The fraction of sp³-hybridized carbons (Fsp3) is 0.375. The average molecular weight is 299 g/mol. The van der Waals surface area contributed by atoms with E-state index in [-0.39, 0.29) is 5.75 Å². The topological polar surface area (TPSA) is 12.5 Å². The summed E-state index contributed by atoms with van der Waals surface area (Å²) in [4.78, 5) is 1.91. The minimum absolute atomic E-state index is 0.221. The maximum atomic E-state index is 12.1. The van der Waals surface area contributed by atoms with Gasteiger partial charge >= 0.3 is 6.36 Å². The van der Waals surface area contributed by atoms with Crippen molar-refractivity contribution >= 4 is 5.69 Å². The van der Waals surface area contributed by atoms with Crippen molar-refractivity contribution in [3.63, 3.8) is 0 Å². The van der Waals surface area contributed by atoms with E-state index in [0.717, 1.165) is 17.0 Å². The number of allylic oxidation sites excluding steroid dienone is 4. The molecule has 0 bridgehead atoms. The molecule has 0 radical (unpaired) electrons. The van der Waals surface area contributed by atoms with Crippen LogP contribution in [0.5, 0.6) is 5.75 Å². The molecule has 0 aliphatic carbocycles. The second-order valence-electron chi connectivity index (χ2n) is 5.07. The first kappa shape index (κ1) is 17.1. The molecule has 2 nitrogen and oxygen atoms in total. The van der Waals surface area contributed by atoms with E-state index >= 15 is 0 Å². The number of hydrogen-bond donors (Lipinski definition) is 0. The summed E-state index contributed by atoms with van der Waals surface area (Å²) in [5.74, 6) is -0.221. The number of benzene rings is 1. The molecule has 0 N–H and O–H groups in total. The van der Waals surface area contributed by atoms with Crippen molar-refractivity contribution in [2.75, 3.05) is 11.9 Å². The summed E-state index contributed by atoms with van der Waals surface area (Å²) in [6.07, 6.45) is -2.63. The minimum atomic E-state index is -4.66. The van der Waals surface area contributed by atoms with Crippen LogP contribution in [0, 0.1) is 0 Å². The van der Waals surface area contributed by atoms with E-state index in [9.17, 15) is 13.2 Å². The lowest BCUT2D eigenvalue weighted by atomic mass is 10.1. The summed E-state index contributed by atoms with van der Waals surface area (Å²) in [6, 6.07) is 5.80. The van der Waals surface area contributed by atoms with Gasteiger partial charge in [-0.1, -0.05) is 11.1 Å². The molecule has 0 fully saturated rings. The monoisotopic (exact) mass is 299 g/mol. The van der Waals surface area contributed by atoms with Crippen LogP contribution in [0.2, 0.25) is 0 Å². The van der Waals surface area contributed by atoms with Gasteiger partial charge in [0.1, 0.15) is 5.75 Å². The van der Waals surface area contributed by atoms with Crippen LogP contribution in [0.4, 0.5) is 18.9 Å². The zero-order valence-corrected chi connectivity index (χ0v) is 12.9. The SMILES string of the molecule is CC(C)=C(C)/C=C(/C)N(C)c1ccc(OC(F)(F)F)cc1. The van der Waals surface area contributed by atoms with Crippen LogP contribution in [-0.2, 0) is 0 Å². The zero-order chi connectivity index (χ0) is 16.2. The fourth-order valence-corrected chi connectivity index (χ4v) is 1.63. The number of hydrogen-bond acceptors (Lipinski definition) is 2. The number of alkyl halides is 3. The lowest BCUT2D eigenvalue weighted by Crippen LogP contribution is -2.17. The van der Waals surface area contributed by atoms with Gasteiger partial charge in [-0.05, 0) is 58.0 Å². The third-order valence-corrected chi connectivity index (χ3v) is 3.20. The standard InChI is InChI=1S/C16H20F3NO/c1-11(2)12(3)10-13(4)20(5)14-6-8-15(9-7-14)21-16(17,18)19/h6-10H,1-5H3/b13-10-. The quantitative estimate of drug-likeness (QED) is 0.701. The number of anilines is 1. The molecule has 5 heteroatoms. The van der Waals surface area contributed by atoms with E-state index < -0.39 is 6.36 Å². The third kappa shape index (κ3) is 5.53. The normalized spacial score (nSPS) is 12.1. The van der Waals surface area contributed by atoms with E-state index in [0.29, 0.717) is 0 Å². The van der Waals surface area contributed by atoms with E-state index in [4.69, 9.17) is 0 Å². The summed E-state index contributed by atoms with van der Waals surface area (Å²) in [6.45, 7) is 8.03. The molecular weight excluding hydrogens is 279 g/mol. The van der Waals surface area contributed by atoms with Gasteiger partial charge in [0.2, 0.25) is 0 Å². The molecule has 0 saturated carbocycles. The molecule has 21 heavy (non-hydrogen) atoms. The van der Waals surface area contributed by atoms with Gasteiger partial charge in [0.25, 0.3) is 0 Å². The molecule has 1 aromatic carbocycles. The van der Waals surface area contributed by atoms with Crippen molar-refractivity contribution in [1.82, 2.24) is 0 Å². The summed E-state index contributed by atoms with van der Waals surface area (Å²) in [5.41, 5.74) is 4.17. The Morgan fingerprint density at radius 2 is 1.57 bits per heavy atom. The maximum absolute atomic E-state index is 12.1. The number of nitrogens with zero attached hydrogens (tertiary/aromatic N) is 1. The van der Waals surface area contributed by atoms with E-state index in [1.807, 2.05) is 45.7 Å². The van der Waals surface area contributed by atoms with Crippen molar-refractivity contribution in [3.8, 4) is 5.75 Å². The highest BCUT2D eigenvalue weighted by Gasteiger charge is 2.30. The van der Waals surface area contributed by atoms with Gasteiger partial charge in [-0.25, -0.2) is 0 Å². The van der Waals surface area contributed by atoms with Crippen LogP contribution in [0.1, 0.15) is 27.7 Å². The summed E-state index contributed by atoms with van der Waals surface area (Å²) in [7, 11) is 1.86. The Bertz CT molecular complexity index is 538. The van der Waals surface area contributed by atoms with Crippen molar-refractivity contribution in [1.29, 1.82) is 0 Å². The van der Waals surface area contributed by atoms with Gasteiger partial charge in [-0.2, -0.15) is 0 Å². The summed E-state index contributed by atoms with van der Waals surface area (Å²) in [5, 5.41) is 0. The highest BCUT2D eigenvalue weighted by molar-refractivity contribution is 5.53. The van der Waals surface area contributed by atoms with Crippen molar-refractivity contribution in [3.05, 3.63) is 47.2 Å². The number of ether oxygens (including phenoxy) is 1.